The molecular weight excluding hydrogens is 444 g/mol. The molecule has 0 aliphatic carbocycles. The summed E-state index contributed by atoms with van der Waals surface area (Å²) in [5.41, 5.74) is -6.51. The van der Waals surface area contributed by atoms with E-state index in [-0.39, 0.29) is 47.5 Å². The van der Waals surface area contributed by atoms with Gasteiger partial charge in [-0.3, -0.25) is 4.55 Å². The van der Waals surface area contributed by atoms with Crippen LogP contribution in [0, 0.1) is 0 Å². The molecule has 3 nitrogen and oxygen atoms in total. The number of hydrogen-bond donors (Lipinski definition) is 1. The molecule has 0 aromatic carbocycles. The summed E-state index contributed by atoms with van der Waals surface area (Å²) >= 11 is 0. The Morgan fingerprint density at radius 2 is 1.08 bits per heavy atom. The van der Waals surface area contributed by atoms with Gasteiger partial charge in [-0.25, -0.2) is 4.39 Å². The van der Waals surface area contributed by atoms with Gasteiger partial charge < -0.3 is 2.85 Å². The zero-order valence-electron chi connectivity index (χ0n) is 13.6. The van der Waals surface area contributed by atoms with Gasteiger partial charge in [0.05, 0.1) is 0 Å². The topological polar surface area (TPSA) is 54.4 Å². The molecule has 0 amide bonds. The largest absolute Gasteiger partial charge is 2.00 e. The minimum Gasteiger partial charge on any atom is -1.00 e. The van der Waals surface area contributed by atoms with E-state index < -0.39 is 51.4 Å². The van der Waals surface area contributed by atoms with Gasteiger partial charge in [0.1, 0.15) is 0 Å². The van der Waals surface area contributed by atoms with E-state index in [0.717, 1.165) is 0 Å². The molecule has 0 aliphatic heterocycles. The van der Waals surface area contributed by atoms with E-state index >= 15 is 0 Å². The zero-order chi connectivity index (χ0) is 20.2. The summed E-state index contributed by atoms with van der Waals surface area (Å²) in [7, 11) is -7.24. The van der Waals surface area contributed by atoms with Crippen molar-refractivity contribution in [3.05, 3.63) is 0 Å². The van der Waals surface area contributed by atoms with Crippen molar-refractivity contribution in [1.82, 2.24) is 0 Å². The molecule has 0 rings (SSSR count). The van der Waals surface area contributed by atoms with E-state index in [4.69, 9.17) is 4.55 Å². The molecule has 1 atom stereocenters. The van der Waals surface area contributed by atoms with Gasteiger partial charge in [0.2, 0.25) is 0 Å². The quantitative estimate of drug-likeness (QED) is 0.378. The average molecular weight is 452 g/mol. The maximum absolute atomic E-state index is 13.8. The van der Waals surface area contributed by atoms with Crippen molar-refractivity contribution in [2.45, 2.75) is 48.2 Å². The van der Waals surface area contributed by atoms with Gasteiger partial charge in [-0.15, -0.1) is 0 Å². The third-order valence-electron chi connectivity index (χ3n) is 2.91. The molecule has 0 radical (unpaired) electrons. The van der Waals surface area contributed by atoms with Crippen molar-refractivity contribution in [3.8, 4) is 0 Å². The Morgan fingerprint density at radius 1 is 0.760 bits per heavy atom. The molecule has 150 valence electrons. The molecule has 0 saturated heterocycles. The summed E-state index contributed by atoms with van der Waals surface area (Å²) in [6.07, 6.45) is -10.1. The minimum atomic E-state index is -7.84. The Bertz CT molecular complexity index is 596. The maximum atomic E-state index is 13.8. The first-order valence-electron chi connectivity index (χ1n) is 5.30. The van der Waals surface area contributed by atoms with Crippen LogP contribution in [0.4, 0.5) is 52.7 Å². The van der Waals surface area contributed by atoms with E-state index in [1.165, 1.54) is 0 Å². The third-order valence-corrected chi connectivity index (χ3v) is 3.89. The Hall–Kier alpha value is 0.330. The molecular formula is C8H8CaF12O3S. The molecule has 1 N–H and O–H groups in total. The third kappa shape index (κ3) is 3.69. The molecule has 0 heterocycles. The second-order valence-electron chi connectivity index (χ2n) is 4.37. The zero-order valence-corrected chi connectivity index (χ0v) is 14.6. The summed E-state index contributed by atoms with van der Waals surface area (Å²) in [5, 5.41) is -6.84. The smallest absolute Gasteiger partial charge is 1.00 e. The Kier molecular flexibility index (Phi) is 7.77. The van der Waals surface area contributed by atoms with Crippen LogP contribution < -0.4 is 0 Å². The second-order valence-corrected chi connectivity index (χ2v) is 5.83. The maximum Gasteiger partial charge on any atom is 2.00 e. The summed E-state index contributed by atoms with van der Waals surface area (Å²) < 4.78 is 182. The SMILES string of the molecule is CCC(F)(C(F)(F)C(F)(F)C(F)(F)C(F)(F)F)C(F)(F)S(=O)(=O)O.[Ca+2].[H-].[H-]. The van der Waals surface area contributed by atoms with Crippen molar-refractivity contribution >= 4 is 47.9 Å². The first-order valence-corrected chi connectivity index (χ1v) is 6.74. The van der Waals surface area contributed by atoms with Crippen LogP contribution in [0.3, 0.4) is 0 Å². The first-order chi connectivity index (χ1) is 10.1. The number of hydrogen-bond acceptors (Lipinski definition) is 2. The van der Waals surface area contributed by atoms with Crippen molar-refractivity contribution in [1.29, 1.82) is 0 Å². The van der Waals surface area contributed by atoms with E-state index in [2.05, 4.69) is 0 Å². The summed E-state index contributed by atoms with van der Waals surface area (Å²) in [6.45, 7) is -0.172. The molecule has 0 aliphatic rings. The molecule has 0 aromatic heterocycles. The molecule has 17 heteroatoms. The van der Waals surface area contributed by atoms with Crippen LogP contribution in [-0.2, 0) is 10.1 Å². The van der Waals surface area contributed by atoms with Crippen LogP contribution in [-0.4, -0.2) is 85.6 Å². The van der Waals surface area contributed by atoms with E-state index in [1.807, 2.05) is 0 Å². The average Bonchev–Trinajstić information content (AvgIpc) is 2.33. The van der Waals surface area contributed by atoms with Crippen LogP contribution in [0.25, 0.3) is 0 Å². The Balaban J connectivity index is -0.000000882. The fourth-order valence-corrected chi connectivity index (χ4v) is 2.12. The molecule has 25 heavy (non-hydrogen) atoms. The predicted molar refractivity (Wildman–Crippen MR) is 59.5 cm³/mol. The van der Waals surface area contributed by atoms with Crippen LogP contribution >= 0.6 is 0 Å². The Labute approximate surface area is 164 Å². The number of rotatable bonds is 6. The van der Waals surface area contributed by atoms with Gasteiger partial charge >= 0.3 is 77.1 Å². The normalized spacial score (nSPS) is 17.7. The van der Waals surface area contributed by atoms with Gasteiger partial charge in [0.25, 0.3) is 5.67 Å². The molecule has 0 aromatic rings. The van der Waals surface area contributed by atoms with Crippen molar-refractivity contribution in [3.63, 3.8) is 0 Å². The minimum absolute atomic E-state index is 0. The van der Waals surface area contributed by atoms with E-state index in [0.29, 0.717) is 0 Å². The van der Waals surface area contributed by atoms with E-state index in [1.54, 1.807) is 0 Å². The molecule has 1 unspecified atom stereocenters. The number of alkyl halides is 12. The molecule has 0 bridgehead atoms. The standard InChI is InChI=1S/C8H6F12O3S.Ca.2H/c1-2-3(9,8(19,20)24(21,22)23)4(10,11)5(12,13)6(14,15)7(16,17)18;;;/h2H2,1H3,(H,21,22,23);;;/q;+2;2*-1. The van der Waals surface area contributed by atoms with Gasteiger partial charge in [-0.1, -0.05) is 6.92 Å². The van der Waals surface area contributed by atoms with Crippen molar-refractivity contribution in [2.24, 2.45) is 0 Å². The first kappa shape index (κ1) is 27.5. The fourth-order valence-electron chi connectivity index (χ4n) is 1.44. The van der Waals surface area contributed by atoms with Gasteiger partial charge in [-0.2, -0.15) is 56.7 Å². The second kappa shape index (κ2) is 7.05. The van der Waals surface area contributed by atoms with Crippen LogP contribution in [0.1, 0.15) is 16.2 Å². The summed E-state index contributed by atoms with van der Waals surface area (Å²) in [5.74, 6) is -23.1. The molecule has 0 spiro atoms. The van der Waals surface area contributed by atoms with Gasteiger partial charge in [0.15, 0.2) is 0 Å². The van der Waals surface area contributed by atoms with Crippen molar-refractivity contribution < 1.29 is 68.5 Å². The number of halogens is 12. The molecule has 0 saturated carbocycles. The van der Waals surface area contributed by atoms with Crippen LogP contribution in [0.15, 0.2) is 0 Å². The van der Waals surface area contributed by atoms with E-state index in [9.17, 15) is 61.1 Å². The van der Waals surface area contributed by atoms with Crippen molar-refractivity contribution in [2.75, 3.05) is 0 Å². The monoisotopic (exact) mass is 452 g/mol. The summed E-state index contributed by atoms with van der Waals surface area (Å²) in [6, 6.07) is 0. The summed E-state index contributed by atoms with van der Waals surface area (Å²) in [4.78, 5) is 0. The Morgan fingerprint density at radius 3 is 1.28 bits per heavy atom. The van der Waals surface area contributed by atoms with Gasteiger partial charge in [0, 0.05) is 0 Å². The van der Waals surface area contributed by atoms with Gasteiger partial charge in [-0.05, 0) is 6.42 Å². The predicted octanol–water partition coefficient (Wildman–Crippen LogP) is 3.90. The molecule has 0 fully saturated rings. The van der Waals surface area contributed by atoms with Crippen LogP contribution in [0.5, 0.6) is 0 Å². The fraction of sp³-hybridized carbons (Fsp3) is 1.00. The van der Waals surface area contributed by atoms with Crippen LogP contribution in [0.2, 0.25) is 0 Å².